The van der Waals surface area contributed by atoms with Crippen LogP contribution in [0.3, 0.4) is 0 Å². The fraction of sp³-hybridized carbons (Fsp3) is 0.100. The molecule has 0 radical (unpaired) electrons. The van der Waals surface area contributed by atoms with Crippen LogP contribution >= 0.6 is 41.9 Å². The van der Waals surface area contributed by atoms with Gasteiger partial charge in [0.15, 0.2) is 0 Å². The molecule has 0 unspecified atom stereocenters. The maximum atomic E-state index is 11.4. The molecular weight excluding hydrogens is 327 g/mol. The zero-order valence-corrected chi connectivity index (χ0v) is 11.4. The Morgan fingerprint density at radius 2 is 2.07 bits per heavy atom. The molecule has 14 heavy (non-hydrogen) atoms. The number of thioether (sulfide) groups is 1. The van der Waals surface area contributed by atoms with Crippen LogP contribution in [0.1, 0.15) is 6.92 Å². The summed E-state index contributed by atoms with van der Waals surface area (Å²) in [5, 5.41) is 0.0283. The second kappa shape index (κ2) is 5.82. The minimum absolute atomic E-state index is 0.0283. The Morgan fingerprint density at radius 3 is 2.64 bits per heavy atom. The smallest absolute Gasteiger partial charge is 0.219 e. The van der Waals surface area contributed by atoms with Gasteiger partial charge in [0.1, 0.15) is 0 Å². The molecule has 0 spiro atoms. The maximum Gasteiger partial charge on any atom is 0.219 e. The summed E-state index contributed by atoms with van der Waals surface area (Å²) in [6.45, 7) is 5.35. The molecular formula is C10H9IOS2. The summed E-state index contributed by atoms with van der Waals surface area (Å²) < 4.78 is 0. The summed E-state index contributed by atoms with van der Waals surface area (Å²) in [7, 11) is 1.64. The van der Waals surface area contributed by atoms with Crippen LogP contribution in [-0.4, -0.2) is 5.12 Å². The third kappa shape index (κ3) is 3.67. The Morgan fingerprint density at radius 1 is 1.43 bits per heavy atom. The second-order valence-electron chi connectivity index (χ2n) is 2.72. The van der Waals surface area contributed by atoms with Crippen LogP contribution in [0.2, 0.25) is 0 Å². The number of benzene rings is 1. The lowest BCUT2D eigenvalue weighted by atomic mass is 10.4. The average Bonchev–Trinajstić information content (AvgIpc) is 2.18. The fourth-order valence-electron chi connectivity index (χ4n) is 0.780. The largest absolute Gasteiger partial charge is 0.282 e. The molecule has 0 heterocycles. The number of halogens is 1. The molecule has 0 atom stereocenters. The highest BCUT2D eigenvalue weighted by Crippen LogP contribution is 2.29. The minimum Gasteiger partial charge on any atom is -0.282 e. The molecule has 0 bridgehead atoms. The van der Waals surface area contributed by atoms with Crippen LogP contribution in [0.15, 0.2) is 46.2 Å². The van der Waals surface area contributed by atoms with Crippen molar-refractivity contribution >= 4 is 47.0 Å². The van der Waals surface area contributed by atoms with Crippen molar-refractivity contribution in [1.29, 1.82) is 0 Å². The van der Waals surface area contributed by atoms with Crippen LogP contribution in [0.4, 0.5) is 0 Å². The van der Waals surface area contributed by atoms with Crippen LogP contribution in [0, 0.1) is 0 Å². The summed E-state index contributed by atoms with van der Waals surface area (Å²) >= 11 is 3.45. The quantitative estimate of drug-likeness (QED) is 0.465. The maximum absolute atomic E-state index is 11.4. The summed E-state index contributed by atoms with van der Waals surface area (Å²) in [6.07, 6.45) is 0. The van der Waals surface area contributed by atoms with Crippen molar-refractivity contribution in [2.45, 2.75) is 16.7 Å². The van der Waals surface area contributed by atoms with E-state index in [1.807, 2.05) is 24.3 Å². The van der Waals surface area contributed by atoms with Crippen LogP contribution in [0.5, 0.6) is 0 Å². The molecule has 74 valence electrons. The SMILES string of the molecule is C=C(C)C(=O)Sc1cccc(SI)c1. The summed E-state index contributed by atoms with van der Waals surface area (Å²) in [5.41, 5.74) is 0.586. The zero-order valence-electron chi connectivity index (χ0n) is 7.62. The van der Waals surface area contributed by atoms with E-state index in [1.165, 1.54) is 11.8 Å². The van der Waals surface area contributed by atoms with Gasteiger partial charge in [-0.3, -0.25) is 4.79 Å². The van der Waals surface area contributed by atoms with Gasteiger partial charge < -0.3 is 0 Å². The van der Waals surface area contributed by atoms with Gasteiger partial charge in [-0.15, -0.1) is 0 Å². The highest BCUT2D eigenvalue weighted by molar-refractivity contribution is 14.2. The number of hydrogen-bond donors (Lipinski definition) is 0. The molecule has 0 saturated carbocycles. The highest BCUT2D eigenvalue weighted by Gasteiger charge is 2.05. The van der Waals surface area contributed by atoms with Crippen molar-refractivity contribution in [3.63, 3.8) is 0 Å². The molecule has 1 rings (SSSR count). The van der Waals surface area contributed by atoms with Crippen molar-refractivity contribution < 1.29 is 4.79 Å². The highest BCUT2D eigenvalue weighted by atomic mass is 127. The number of carbonyl (C=O) groups excluding carboxylic acids is 1. The van der Waals surface area contributed by atoms with Crippen molar-refractivity contribution in [3.05, 3.63) is 36.4 Å². The summed E-state index contributed by atoms with van der Waals surface area (Å²) in [5.74, 6) is 0. The molecule has 0 aliphatic heterocycles. The Hall–Kier alpha value is 0.0600. The van der Waals surface area contributed by atoms with Crippen molar-refractivity contribution in [2.75, 3.05) is 0 Å². The first-order valence-electron chi connectivity index (χ1n) is 3.90. The molecule has 0 aromatic heterocycles. The van der Waals surface area contributed by atoms with E-state index in [4.69, 9.17) is 0 Å². The van der Waals surface area contributed by atoms with E-state index >= 15 is 0 Å². The first kappa shape index (κ1) is 12.1. The molecule has 0 aliphatic carbocycles. The molecule has 0 aliphatic rings. The Kier molecular flexibility index (Phi) is 5.05. The first-order valence-corrected chi connectivity index (χ1v) is 8.07. The van der Waals surface area contributed by atoms with E-state index in [1.54, 1.807) is 15.9 Å². The van der Waals surface area contributed by atoms with Gasteiger partial charge in [-0.25, -0.2) is 0 Å². The van der Waals surface area contributed by atoms with Crippen molar-refractivity contribution in [1.82, 2.24) is 0 Å². The normalized spacial score (nSPS) is 9.86. The van der Waals surface area contributed by atoms with Gasteiger partial charge in [-0.1, -0.05) is 21.6 Å². The lowest BCUT2D eigenvalue weighted by molar-refractivity contribution is -0.107. The average molecular weight is 336 g/mol. The van der Waals surface area contributed by atoms with Crippen molar-refractivity contribution in [3.8, 4) is 0 Å². The molecule has 1 aromatic rings. The van der Waals surface area contributed by atoms with Crippen LogP contribution in [0.25, 0.3) is 0 Å². The van der Waals surface area contributed by atoms with Crippen molar-refractivity contribution in [2.24, 2.45) is 0 Å². The van der Waals surface area contributed by atoms with E-state index in [-0.39, 0.29) is 5.12 Å². The third-order valence-corrected chi connectivity index (χ3v) is 4.43. The number of rotatable bonds is 3. The Bertz CT molecular complexity index is 363. The van der Waals surface area contributed by atoms with Gasteiger partial charge in [-0.2, -0.15) is 0 Å². The monoisotopic (exact) mass is 336 g/mol. The lowest BCUT2D eigenvalue weighted by Crippen LogP contribution is -1.90. The molecule has 0 fully saturated rings. The van der Waals surface area contributed by atoms with E-state index in [2.05, 4.69) is 27.8 Å². The molecule has 1 aromatic carbocycles. The summed E-state index contributed by atoms with van der Waals surface area (Å²) in [6, 6.07) is 7.91. The topological polar surface area (TPSA) is 17.1 Å². The van der Waals surface area contributed by atoms with E-state index in [0.717, 1.165) is 9.79 Å². The van der Waals surface area contributed by atoms with E-state index in [0.29, 0.717) is 5.57 Å². The number of carbonyl (C=O) groups is 1. The molecule has 0 saturated heterocycles. The van der Waals surface area contributed by atoms with Gasteiger partial charge in [0, 0.05) is 31.0 Å². The lowest BCUT2D eigenvalue weighted by Gasteiger charge is -2.01. The predicted molar refractivity (Wildman–Crippen MR) is 72.0 cm³/mol. The molecule has 4 heteroatoms. The van der Waals surface area contributed by atoms with Gasteiger partial charge in [-0.05, 0) is 42.5 Å². The number of hydrogen-bond acceptors (Lipinski definition) is 3. The van der Waals surface area contributed by atoms with Crippen LogP contribution < -0.4 is 0 Å². The third-order valence-electron chi connectivity index (χ3n) is 1.45. The predicted octanol–water partition coefficient (Wildman–Crippen LogP) is 4.32. The van der Waals surface area contributed by atoms with Gasteiger partial charge in [0.2, 0.25) is 5.12 Å². The van der Waals surface area contributed by atoms with Gasteiger partial charge >= 0.3 is 0 Å². The van der Waals surface area contributed by atoms with Gasteiger partial charge in [0.25, 0.3) is 0 Å². The Labute approximate surface area is 104 Å². The zero-order chi connectivity index (χ0) is 10.6. The second-order valence-corrected chi connectivity index (χ2v) is 5.72. The first-order chi connectivity index (χ1) is 6.63. The summed E-state index contributed by atoms with van der Waals surface area (Å²) in [4.78, 5) is 13.5. The molecule has 1 nitrogen and oxygen atoms in total. The molecule has 0 N–H and O–H groups in total. The van der Waals surface area contributed by atoms with E-state index in [9.17, 15) is 4.79 Å². The Balaban J connectivity index is 2.76. The molecule has 0 amide bonds. The van der Waals surface area contributed by atoms with Crippen LogP contribution in [-0.2, 0) is 4.79 Å². The van der Waals surface area contributed by atoms with E-state index < -0.39 is 0 Å². The standard InChI is InChI=1S/C10H9IOS2/c1-7(2)10(12)13-8-4-3-5-9(6-8)14-11/h3-6H,1H2,2H3. The van der Waals surface area contributed by atoms with Gasteiger partial charge in [0.05, 0.1) is 0 Å². The fourth-order valence-corrected chi connectivity index (χ4v) is 2.70. The minimum atomic E-state index is 0.0283.